The van der Waals surface area contributed by atoms with Crippen molar-refractivity contribution in [2.24, 2.45) is 16.6 Å². The molecule has 7 heteroatoms. The highest BCUT2D eigenvalue weighted by Gasteiger charge is 2.05. The maximum Gasteiger partial charge on any atom is 0.193 e. The molecule has 22 heavy (non-hydrogen) atoms. The van der Waals surface area contributed by atoms with Crippen LogP contribution in [0.25, 0.3) is 0 Å². The molecule has 0 bridgehead atoms. The summed E-state index contributed by atoms with van der Waals surface area (Å²) in [5, 5.41) is 7.71. The maximum absolute atomic E-state index is 6.06. The Hall–Kier alpha value is -2.21. The smallest absolute Gasteiger partial charge is 0.193 e. The number of anilines is 1. The summed E-state index contributed by atoms with van der Waals surface area (Å²) in [7, 11) is 1.57. The van der Waals surface area contributed by atoms with Crippen molar-refractivity contribution in [2.45, 2.75) is 13.5 Å². The summed E-state index contributed by atoms with van der Waals surface area (Å²) in [4.78, 5) is 4.34. The highest BCUT2D eigenvalue weighted by atomic mass is 35.5. The molecule has 118 valence electrons. The van der Waals surface area contributed by atoms with E-state index in [-0.39, 0.29) is 0 Å². The van der Waals surface area contributed by atoms with Gasteiger partial charge in [-0.3, -0.25) is 9.67 Å². The molecule has 0 aliphatic heterocycles. The van der Waals surface area contributed by atoms with Crippen LogP contribution in [-0.4, -0.2) is 29.4 Å². The van der Waals surface area contributed by atoms with Gasteiger partial charge in [-0.1, -0.05) is 18.5 Å². The first-order valence-corrected chi connectivity index (χ1v) is 7.34. The second-order valence-electron chi connectivity index (χ2n) is 5.03. The number of nitrogens with zero attached hydrogens (tertiary/aromatic N) is 3. The Bertz CT molecular complexity index is 627. The Morgan fingerprint density at radius 3 is 3.00 bits per heavy atom. The first kappa shape index (κ1) is 16.2. The van der Waals surface area contributed by atoms with E-state index in [4.69, 9.17) is 22.1 Å². The van der Waals surface area contributed by atoms with E-state index in [1.807, 2.05) is 23.0 Å². The van der Waals surface area contributed by atoms with E-state index in [0.717, 1.165) is 12.2 Å². The molecule has 0 radical (unpaired) electrons. The second kappa shape index (κ2) is 7.70. The third kappa shape index (κ3) is 4.66. The predicted octanol–water partition coefficient (Wildman–Crippen LogP) is 2.61. The van der Waals surface area contributed by atoms with Gasteiger partial charge in [-0.25, -0.2) is 0 Å². The minimum Gasteiger partial charge on any atom is -0.495 e. The van der Waals surface area contributed by atoms with Gasteiger partial charge >= 0.3 is 0 Å². The molecule has 1 aromatic heterocycles. The Morgan fingerprint density at radius 1 is 1.55 bits per heavy atom. The standard InChI is InChI=1S/C15H20ClN5O/c1-11(10-21-7-3-6-19-21)9-18-15(17)20-12-4-5-14(22-2)13(16)8-12/h3-8,11H,9-10H2,1-2H3,(H3,17,18,20). The number of methoxy groups -OCH3 is 1. The van der Waals surface area contributed by atoms with Crippen LogP contribution in [0.15, 0.2) is 41.7 Å². The summed E-state index contributed by atoms with van der Waals surface area (Å²) >= 11 is 6.06. The van der Waals surface area contributed by atoms with E-state index in [1.54, 1.807) is 25.4 Å². The van der Waals surface area contributed by atoms with E-state index < -0.39 is 0 Å². The van der Waals surface area contributed by atoms with E-state index >= 15 is 0 Å². The van der Waals surface area contributed by atoms with Gasteiger partial charge in [-0.15, -0.1) is 0 Å². The minimum atomic E-state index is 0.333. The summed E-state index contributed by atoms with van der Waals surface area (Å²) < 4.78 is 6.99. The molecule has 0 amide bonds. The molecular weight excluding hydrogens is 302 g/mol. The van der Waals surface area contributed by atoms with Crippen LogP contribution in [0.3, 0.4) is 0 Å². The lowest BCUT2D eigenvalue weighted by molar-refractivity contribution is 0.415. The van der Waals surface area contributed by atoms with Gasteiger partial charge in [0.1, 0.15) is 5.75 Å². The number of guanidine groups is 1. The van der Waals surface area contributed by atoms with Crippen LogP contribution < -0.4 is 15.8 Å². The monoisotopic (exact) mass is 321 g/mol. The van der Waals surface area contributed by atoms with E-state index in [9.17, 15) is 0 Å². The molecule has 6 nitrogen and oxygen atoms in total. The van der Waals surface area contributed by atoms with Gasteiger partial charge < -0.3 is 15.8 Å². The predicted molar refractivity (Wildman–Crippen MR) is 89.5 cm³/mol. The lowest BCUT2D eigenvalue weighted by atomic mass is 10.2. The van der Waals surface area contributed by atoms with Crippen molar-refractivity contribution in [2.75, 3.05) is 19.0 Å². The zero-order valence-electron chi connectivity index (χ0n) is 12.7. The van der Waals surface area contributed by atoms with Gasteiger partial charge in [0, 0.05) is 31.2 Å². The molecule has 0 spiro atoms. The summed E-state index contributed by atoms with van der Waals surface area (Å²) in [6, 6.07) is 7.26. The lowest BCUT2D eigenvalue weighted by Crippen LogP contribution is -2.24. The number of benzene rings is 1. The molecule has 1 heterocycles. The average molecular weight is 322 g/mol. The minimum absolute atomic E-state index is 0.333. The number of aromatic nitrogens is 2. The van der Waals surface area contributed by atoms with Crippen LogP contribution in [-0.2, 0) is 6.54 Å². The number of nitrogens with two attached hydrogens (primary N) is 1. The molecule has 1 unspecified atom stereocenters. The van der Waals surface area contributed by atoms with Crippen LogP contribution in [0, 0.1) is 5.92 Å². The molecule has 3 N–H and O–H groups in total. The summed E-state index contributed by atoms with van der Waals surface area (Å²) in [6.45, 7) is 3.52. The van der Waals surface area contributed by atoms with Gasteiger partial charge in [-0.2, -0.15) is 5.10 Å². The molecular formula is C15H20ClN5O. The van der Waals surface area contributed by atoms with Crippen molar-refractivity contribution in [1.82, 2.24) is 9.78 Å². The molecule has 0 aliphatic rings. The molecule has 1 atom stereocenters. The number of nitrogens with one attached hydrogen (secondary N) is 1. The Morgan fingerprint density at radius 2 is 2.36 bits per heavy atom. The Kier molecular flexibility index (Phi) is 5.66. The Labute approximate surface area is 134 Å². The van der Waals surface area contributed by atoms with Crippen LogP contribution >= 0.6 is 11.6 Å². The zero-order valence-corrected chi connectivity index (χ0v) is 13.4. The number of rotatable bonds is 6. The largest absolute Gasteiger partial charge is 0.495 e. The van der Waals surface area contributed by atoms with Crippen LogP contribution in [0.1, 0.15) is 6.92 Å². The maximum atomic E-state index is 6.06. The van der Waals surface area contributed by atoms with E-state index in [1.165, 1.54) is 0 Å². The van der Waals surface area contributed by atoms with Crippen molar-refractivity contribution in [1.29, 1.82) is 0 Å². The van der Waals surface area contributed by atoms with Crippen LogP contribution in [0.5, 0.6) is 5.75 Å². The van der Waals surface area contributed by atoms with Crippen molar-refractivity contribution in [3.63, 3.8) is 0 Å². The number of hydrogen-bond donors (Lipinski definition) is 2. The quantitative estimate of drug-likeness (QED) is 0.633. The van der Waals surface area contributed by atoms with Crippen molar-refractivity contribution in [3.05, 3.63) is 41.7 Å². The summed E-state index contributed by atoms with van der Waals surface area (Å²) in [6.07, 6.45) is 3.69. The molecule has 2 aromatic rings. The molecule has 1 aromatic carbocycles. The fourth-order valence-electron chi connectivity index (χ4n) is 1.97. The Balaban J connectivity index is 1.88. The van der Waals surface area contributed by atoms with Gasteiger partial charge in [-0.05, 0) is 30.2 Å². The third-order valence-corrected chi connectivity index (χ3v) is 3.35. The fourth-order valence-corrected chi connectivity index (χ4v) is 2.23. The van der Waals surface area contributed by atoms with E-state index in [0.29, 0.717) is 29.2 Å². The lowest BCUT2D eigenvalue weighted by Gasteiger charge is -2.11. The summed E-state index contributed by atoms with van der Waals surface area (Å²) in [5.74, 6) is 1.31. The first-order valence-electron chi connectivity index (χ1n) is 6.96. The molecule has 0 aliphatic carbocycles. The first-order chi connectivity index (χ1) is 10.6. The average Bonchev–Trinajstić information content (AvgIpc) is 2.98. The van der Waals surface area contributed by atoms with Crippen LogP contribution in [0.4, 0.5) is 5.69 Å². The molecule has 0 saturated carbocycles. The third-order valence-electron chi connectivity index (χ3n) is 3.06. The SMILES string of the molecule is COc1ccc(NC(N)=NCC(C)Cn2cccn2)cc1Cl. The second-order valence-corrected chi connectivity index (χ2v) is 5.44. The van der Waals surface area contributed by atoms with Gasteiger partial charge in [0.2, 0.25) is 0 Å². The zero-order chi connectivity index (χ0) is 15.9. The number of aliphatic imine (C=N–C) groups is 1. The van der Waals surface area contributed by atoms with E-state index in [2.05, 4.69) is 22.3 Å². The van der Waals surface area contributed by atoms with Crippen LogP contribution in [0.2, 0.25) is 5.02 Å². The number of halogens is 1. The highest BCUT2D eigenvalue weighted by Crippen LogP contribution is 2.26. The van der Waals surface area contributed by atoms with Gasteiger partial charge in [0.25, 0.3) is 0 Å². The molecule has 2 rings (SSSR count). The van der Waals surface area contributed by atoms with Gasteiger partial charge in [0.05, 0.1) is 12.1 Å². The van der Waals surface area contributed by atoms with Crippen molar-refractivity contribution >= 4 is 23.2 Å². The topological polar surface area (TPSA) is 77.5 Å². The van der Waals surface area contributed by atoms with Gasteiger partial charge in [0.15, 0.2) is 5.96 Å². The summed E-state index contributed by atoms with van der Waals surface area (Å²) in [5.41, 5.74) is 6.66. The number of ether oxygens (including phenoxy) is 1. The molecule has 0 saturated heterocycles. The number of hydrogen-bond acceptors (Lipinski definition) is 3. The highest BCUT2D eigenvalue weighted by molar-refractivity contribution is 6.32. The normalized spacial score (nSPS) is 13.0. The van der Waals surface area contributed by atoms with Crippen molar-refractivity contribution < 1.29 is 4.74 Å². The molecule has 0 fully saturated rings. The van der Waals surface area contributed by atoms with Crippen molar-refractivity contribution in [3.8, 4) is 5.75 Å². The fraction of sp³-hybridized carbons (Fsp3) is 0.333.